The summed E-state index contributed by atoms with van der Waals surface area (Å²) in [6, 6.07) is 6.52. The van der Waals surface area contributed by atoms with Gasteiger partial charge in [0.25, 0.3) is 0 Å². The van der Waals surface area contributed by atoms with Gasteiger partial charge in [-0.15, -0.1) is 0 Å². The van der Waals surface area contributed by atoms with Gasteiger partial charge in [-0.3, -0.25) is 0 Å². The first-order valence-corrected chi connectivity index (χ1v) is 7.32. The molecule has 1 aromatic rings. The van der Waals surface area contributed by atoms with Crippen molar-refractivity contribution in [3.63, 3.8) is 0 Å². The van der Waals surface area contributed by atoms with E-state index in [0.717, 1.165) is 15.1 Å². The average Bonchev–Trinajstić information content (AvgIpc) is 2.27. The summed E-state index contributed by atoms with van der Waals surface area (Å²) in [4.78, 5) is 0. The highest BCUT2D eigenvalue weighted by Crippen LogP contribution is 2.27. The largest absolute Gasteiger partial charge is 0.383 e. The molecule has 0 fully saturated rings. The Morgan fingerprint density at radius 1 is 1.33 bits per heavy atom. The van der Waals surface area contributed by atoms with Crippen LogP contribution in [0.15, 0.2) is 22.7 Å². The van der Waals surface area contributed by atoms with Crippen LogP contribution in [0.3, 0.4) is 0 Å². The summed E-state index contributed by atoms with van der Waals surface area (Å²) in [7, 11) is 1.73. The molecule has 18 heavy (non-hydrogen) atoms. The van der Waals surface area contributed by atoms with Crippen LogP contribution in [0.5, 0.6) is 0 Å². The molecule has 0 saturated heterocycles. The molecule has 2 unspecified atom stereocenters. The quantitative estimate of drug-likeness (QED) is 0.831. The Hall–Kier alpha value is -0.0900. The van der Waals surface area contributed by atoms with E-state index in [-0.39, 0.29) is 6.04 Å². The number of hydrogen-bond donors (Lipinski definition) is 1. The van der Waals surface area contributed by atoms with E-state index in [9.17, 15) is 0 Å². The van der Waals surface area contributed by atoms with Crippen LogP contribution in [0.25, 0.3) is 0 Å². The lowest BCUT2D eigenvalue weighted by Crippen LogP contribution is -2.39. The number of nitrogens with one attached hydrogen (secondary N) is 1. The van der Waals surface area contributed by atoms with E-state index in [1.165, 1.54) is 0 Å². The lowest BCUT2D eigenvalue weighted by molar-refractivity contribution is 0.141. The minimum absolute atomic E-state index is 0.202. The molecule has 1 aromatic carbocycles. The number of halogens is 2. The molecule has 0 heterocycles. The van der Waals surface area contributed by atoms with Gasteiger partial charge < -0.3 is 10.1 Å². The molecule has 2 nitrogen and oxygen atoms in total. The smallest absolute Gasteiger partial charge is 0.0618 e. The molecule has 4 heteroatoms. The van der Waals surface area contributed by atoms with Crippen molar-refractivity contribution in [2.24, 2.45) is 5.92 Å². The maximum atomic E-state index is 6.26. The third-order valence-electron chi connectivity index (χ3n) is 3.04. The van der Waals surface area contributed by atoms with Crippen molar-refractivity contribution in [1.82, 2.24) is 5.32 Å². The van der Waals surface area contributed by atoms with Gasteiger partial charge >= 0.3 is 0 Å². The monoisotopic (exact) mass is 333 g/mol. The molecule has 0 aromatic heterocycles. The normalized spacial score (nSPS) is 14.8. The van der Waals surface area contributed by atoms with Crippen LogP contribution < -0.4 is 5.32 Å². The van der Waals surface area contributed by atoms with Crippen LogP contribution in [0.2, 0.25) is 5.02 Å². The zero-order chi connectivity index (χ0) is 13.7. The first-order valence-electron chi connectivity index (χ1n) is 6.15. The maximum Gasteiger partial charge on any atom is 0.0618 e. The second-order valence-corrected chi connectivity index (χ2v) is 6.18. The SMILES string of the molecule is COCC(NC(C)c1ccc(Br)cc1Cl)C(C)C. The molecule has 0 spiro atoms. The molecule has 102 valence electrons. The summed E-state index contributed by atoms with van der Waals surface area (Å²) in [5, 5.41) is 4.35. The van der Waals surface area contributed by atoms with Crippen molar-refractivity contribution in [2.75, 3.05) is 13.7 Å². The summed E-state index contributed by atoms with van der Waals surface area (Å²) in [5.41, 5.74) is 1.11. The van der Waals surface area contributed by atoms with Crippen LogP contribution >= 0.6 is 27.5 Å². The third kappa shape index (κ3) is 4.54. The van der Waals surface area contributed by atoms with Crippen LogP contribution in [0.1, 0.15) is 32.4 Å². The molecule has 0 amide bonds. The van der Waals surface area contributed by atoms with E-state index in [0.29, 0.717) is 18.6 Å². The number of hydrogen-bond acceptors (Lipinski definition) is 2. The topological polar surface area (TPSA) is 21.3 Å². The van der Waals surface area contributed by atoms with Gasteiger partial charge in [0, 0.05) is 28.7 Å². The summed E-state index contributed by atoms with van der Waals surface area (Å²) in [6.45, 7) is 7.20. The van der Waals surface area contributed by atoms with Crippen molar-refractivity contribution in [1.29, 1.82) is 0 Å². The van der Waals surface area contributed by atoms with E-state index in [4.69, 9.17) is 16.3 Å². The van der Waals surface area contributed by atoms with Gasteiger partial charge in [-0.2, -0.15) is 0 Å². The number of ether oxygens (including phenoxy) is 1. The first-order chi connectivity index (χ1) is 8.45. The van der Waals surface area contributed by atoms with E-state index >= 15 is 0 Å². The number of benzene rings is 1. The van der Waals surface area contributed by atoms with Gasteiger partial charge in [-0.25, -0.2) is 0 Å². The number of rotatable bonds is 6. The Balaban J connectivity index is 2.76. The van der Waals surface area contributed by atoms with Crippen molar-refractivity contribution < 1.29 is 4.74 Å². The van der Waals surface area contributed by atoms with Crippen molar-refractivity contribution in [2.45, 2.75) is 32.9 Å². The fraction of sp³-hybridized carbons (Fsp3) is 0.571. The lowest BCUT2D eigenvalue weighted by Gasteiger charge is -2.26. The third-order valence-corrected chi connectivity index (χ3v) is 3.86. The van der Waals surface area contributed by atoms with Crippen molar-refractivity contribution in [3.8, 4) is 0 Å². The molecule has 0 aliphatic heterocycles. The second-order valence-electron chi connectivity index (χ2n) is 4.86. The van der Waals surface area contributed by atoms with E-state index in [1.807, 2.05) is 18.2 Å². The van der Waals surface area contributed by atoms with Gasteiger partial charge in [-0.05, 0) is 30.5 Å². The summed E-state index contributed by atoms with van der Waals surface area (Å²) >= 11 is 9.68. The van der Waals surface area contributed by atoms with Crippen molar-refractivity contribution >= 4 is 27.5 Å². The summed E-state index contributed by atoms with van der Waals surface area (Å²) in [5.74, 6) is 0.515. The summed E-state index contributed by atoms with van der Waals surface area (Å²) in [6.07, 6.45) is 0. The molecule has 0 aliphatic rings. The predicted octanol–water partition coefficient (Wildman–Crippen LogP) is 4.42. The second kappa shape index (κ2) is 7.49. The van der Waals surface area contributed by atoms with Crippen LogP contribution in [0, 0.1) is 5.92 Å². The fourth-order valence-electron chi connectivity index (χ4n) is 1.88. The zero-order valence-electron chi connectivity index (χ0n) is 11.3. The Morgan fingerprint density at radius 3 is 2.50 bits per heavy atom. The van der Waals surface area contributed by atoms with E-state index in [1.54, 1.807) is 7.11 Å². The highest BCUT2D eigenvalue weighted by molar-refractivity contribution is 9.10. The van der Waals surface area contributed by atoms with Gasteiger partial charge in [0.05, 0.1) is 6.61 Å². The van der Waals surface area contributed by atoms with E-state index < -0.39 is 0 Å². The molecule has 0 saturated carbocycles. The molecule has 1 N–H and O–H groups in total. The van der Waals surface area contributed by atoms with Crippen LogP contribution in [-0.4, -0.2) is 19.8 Å². The standard InChI is InChI=1S/C14H21BrClNO/c1-9(2)14(8-18-4)17-10(3)12-6-5-11(15)7-13(12)16/h5-7,9-10,14,17H,8H2,1-4H3. The Bertz CT molecular complexity index is 384. The minimum atomic E-state index is 0.202. The predicted molar refractivity (Wildman–Crippen MR) is 81.2 cm³/mol. The molecule has 0 aliphatic carbocycles. The Labute approximate surface area is 123 Å². The number of methoxy groups -OCH3 is 1. The molecule has 1 rings (SSSR count). The van der Waals surface area contributed by atoms with Crippen LogP contribution in [0.4, 0.5) is 0 Å². The fourth-order valence-corrected chi connectivity index (χ4v) is 2.71. The molecule has 0 radical (unpaired) electrons. The van der Waals surface area contributed by atoms with Gasteiger partial charge in [0.2, 0.25) is 0 Å². The average molecular weight is 335 g/mol. The highest BCUT2D eigenvalue weighted by atomic mass is 79.9. The Morgan fingerprint density at radius 2 is 2.00 bits per heavy atom. The van der Waals surface area contributed by atoms with Crippen molar-refractivity contribution in [3.05, 3.63) is 33.3 Å². The van der Waals surface area contributed by atoms with E-state index in [2.05, 4.69) is 42.0 Å². The molecule has 2 atom stereocenters. The van der Waals surface area contributed by atoms with Gasteiger partial charge in [0.15, 0.2) is 0 Å². The first kappa shape index (κ1) is 16.0. The molecular formula is C14H21BrClNO. The van der Waals surface area contributed by atoms with Gasteiger partial charge in [-0.1, -0.05) is 47.4 Å². The Kier molecular flexibility index (Phi) is 6.64. The van der Waals surface area contributed by atoms with Gasteiger partial charge in [0.1, 0.15) is 0 Å². The molecule has 0 bridgehead atoms. The zero-order valence-corrected chi connectivity index (χ0v) is 13.7. The summed E-state index contributed by atoms with van der Waals surface area (Å²) < 4.78 is 6.25. The molecular weight excluding hydrogens is 314 g/mol. The van der Waals surface area contributed by atoms with Crippen LogP contribution in [-0.2, 0) is 4.74 Å². The maximum absolute atomic E-state index is 6.26. The highest BCUT2D eigenvalue weighted by Gasteiger charge is 2.18. The lowest BCUT2D eigenvalue weighted by atomic mass is 10.0. The minimum Gasteiger partial charge on any atom is -0.383 e.